The number of nitrogens with zero attached hydrogens (tertiary/aromatic N) is 1. The van der Waals surface area contributed by atoms with Crippen LogP contribution in [-0.2, 0) is 6.42 Å². The van der Waals surface area contributed by atoms with Crippen LogP contribution >= 0.6 is 11.6 Å². The highest BCUT2D eigenvalue weighted by Crippen LogP contribution is 2.38. The third kappa shape index (κ3) is 3.94. The molecular formula is C24H23ClN2O3. The van der Waals surface area contributed by atoms with Crippen molar-refractivity contribution in [2.45, 2.75) is 12.5 Å². The van der Waals surface area contributed by atoms with E-state index in [4.69, 9.17) is 21.1 Å². The summed E-state index contributed by atoms with van der Waals surface area (Å²) < 4.78 is 10.6. The largest absolute Gasteiger partial charge is 0.497 e. The minimum absolute atomic E-state index is 0.204. The van der Waals surface area contributed by atoms with Gasteiger partial charge in [0.2, 0.25) is 0 Å². The molecule has 2 amide bonds. The van der Waals surface area contributed by atoms with E-state index in [1.165, 1.54) is 5.56 Å². The van der Waals surface area contributed by atoms with Crippen LogP contribution < -0.4 is 14.8 Å². The van der Waals surface area contributed by atoms with E-state index in [9.17, 15) is 4.79 Å². The first-order valence-corrected chi connectivity index (χ1v) is 10.1. The summed E-state index contributed by atoms with van der Waals surface area (Å²) >= 11 is 6.54. The molecule has 0 saturated heterocycles. The number of hydrogen-bond acceptors (Lipinski definition) is 3. The van der Waals surface area contributed by atoms with Gasteiger partial charge in [0.15, 0.2) is 0 Å². The lowest BCUT2D eigenvalue weighted by Crippen LogP contribution is -2.43. The molecule has 1 N–H and O–H groups in total. The van der Waals surface area contributed by atoms with Crippen LogP contribution in [0.4, 0.5) is 10.5 Å². The predicted octanol–water partition coefficient (Wildman–Crippen LogP) is 5.54. The van der Waals surface area contributed by atoms with Crippen LogP contribution in [0.15, 0.2) is 66.7 Å². The van der Waals surface area contributed by atoms with Crippen LogP contribution in [0.1, 0.15) is 22.7 Å². The van der Waals surface area contributed by atoms with Gasteiger partial charge in [0.25, 0.3) is 0 Å². The van der Waals surface area contributed by atoms with Crippen molar-refractivity contribution in [1.29, 1.82) is 0 Å². The zero-order chi connectivity index (χ0) is 21.1. The van der Waals surface area contributed by atoms with Crippen LogP contribution in [0.2, 0.25) is 5.02 Å². The number of rotatable bonds is 4. The van der Waals surface area contributed by atoms with Crippen LogP contribution in [0.5, 0.6) is 11.5 Å². The number of halogens is 1. The minimum atomic E-state index is -0.267. The van der Waals surface area contributed by atoms with E-state index >= 15 is 0 Å². The highest BCUT2D eigenvalue weighted by molar-refractivity contribution is 6.31. The molecule has 5 nitrogen and oxygen atoms in total. The summed E-state index contributed by atoms with van der Waals surface area (Å²) in [6.07, 6.45) is 0.784. The van der Waals surface area contributed by atoms with Gasteiger partial charge in [0, 0.05) is 35.5 Å². The standard InChI is InChI=1S/C24H23ClN2O3/c1-29-18-13-17(14-19(15-18)30-2)26-24(28)27-12-11-16-7-3-4-8-20(16)23(27)21-9-5-6-10-22(21)25/h3-10,13-15,23H,11-12H2,1-2H3,(H,26,28). The van der Waals surface area contributed by atoms with Gasteiger partial charge in [-0.05, 0) is 29.2 Å². The lowest BCUT2D eigenvalue weighted by Gasteiger charge is -2.38. The number of carbonyl (C=O) groups excluding carboxylic acids is 1. The molecule has 3 aromatic carbocycles. The van der Waals surface area contributed by atoms with Crippen LogP contribution in [0.3, 0.4) is 0 Å². The molecule has 0 spiro atoms. The summed E-state index contributed by atoms with van der Waals surface area (Å²) in [7, 11) is 3.16. The van der Waals surface area contributed by atoms with Gasteiger partial charge >= 0.3 is 6.03 Å². The van der Waals surface area contributed by atoms with Crippen LogP contribution in [-0.4, -0.2) is 31.7 Å². The number of amides is 2. The molecule has 0 saturated carbocycles. The number of fused-ring (bicyclic) bond motifs is 1. The summed E-state index contributed by atoms with van der Waals surface area (Å²) in [5.41, 5.74) is 3.84. The van der Waals surface area contributed by atoms with Crippen LogP contribution in [0.25, 0.3) is 0 Å². The van der Waals surface area contributed by atoms with Crippen molar-refractivity contribution in [3.8, 4) is 11.5 Å². The number of methoxy groups -OCH3 is 2. The maximum absolute atomic E-state index is 13.4. The van der Waals surface area contributed by atoms with Crippen molar-refractivity contribution >= 4 is 23.3 Å². The maximum atomic E-state index is 13.4. The first-order chi connectivity index (χ1) is 14.6. The molecule has 6 heteroatoms. The molecule has 30 heavy (non-hydrogen) atoms. The number of urea groups is 1. The van der Waals surface area contributed by atoms with Crippen molar-refractivity contribution in [2.24, 2.45) is 0 Å². The van der Waals surface area contributed by atoms with E-state index in [0.29, 0.717) is 28.8 Å². The second-order valence-corrected chi connectivity index (χ2v) is 7.50. The summed E-state index contributed by atoms with van der Waals surface area (Å²) in [5.74, 6) is 1.22. The van der Waals surface area contributed by atoms with Crippen molar-refractivity contribution in [3.05, 3.63) is 88.4 Å². The first-order valence-electron chi connectivity index (χ1n) is 9.73. The number of nitrogens with one attached hydrogen (secondary N) is 1. The Morgan fingerprint density at radius 3 is 2.27 bits per heavy atom. The quantitative estimate of drug-likeness (QED) is 0.600. The Morgan fingerprint density at radius 1 is 0.967 bits per heavy atom. The van der Waals surface area contributed by atoms with E-state index in [2.05, 4.69) is 17.4 Å². The van der Waals surface area contributed by atoms with Gasteiger partial charge in [-0.2, -0.15) is 0 Å². The predicted molar refractivity (Wildman–Crippen MR) is 119 cm³/mol. The van der Waals surface area contributed by atoms with Gasteiger partial charge in [-0.25, -0.2) is 4.79 Å². The lowest BCUT2D eigenvalue weighted by atomic mass is 9.88. The SMILES string of the molecule is COc1cc(NC(=O)N2CCc3ccccc3C2c2ccccc2Cl)cc(OC)c1. The molecule has 0 aromatic heterocycles. The Balaban J connectivity index is 1.70. The molecule has 1 aliphatic heterocycles. The fourth-order valence-electron chi connectivity index (χ4n) is 3.89. The summed E-state index contributed by atoms with van der Waals surface area (Å²) in [6.45, 7) is 0.583. The minimum Gasteiger partial charge on any atom is -0.497 e. The van der Waals surface area contributed by atoms with Gasteiger partial charge in [-0.15, -0.1) is 0 Å². The van der Waals surface area contributed by atoms with Gasteiger partial charge in [-0.1, -0.05) is 54.1 Å². The number of benzene rings is 3. The zero-order valence-electron chi connectivity index (χ0n) is 16.9. The molecule has 154 valence electrons. The molecule has 3 aromatic rings. The highest BCUT2D eigenvalue weighted by Gasteiger charge is 2.33. The van der Waals surface area contributed by atoms with E-state index in [0.717, 1.165) is 17.5 Å². The molecular weight excluding hydrogens is 400 g/mol. The Morgan fingerprint density at radius 2 is 1.60 bits per heavy atom. The average molecular weight is 423 g/mol. The molecule has 0 aliphatic carbocycles. The smallest absolute Gasteiger partial charge is 0.322 e. The molecule has 0 radical (unpaired) electrons. The molecule has 1 heterocycles. The van der Waals surface area contributed by atoms with Crippen molar-refractivity contribution < 1.29 is 14.3 Å². The van der Waals surface area contributed by atoms with Gasteiger partial charge in [-0.3, -0.25) is 0 Å². The van der Waals surface area contributed by atoms with E-state index in [1.54, 1.807) is 32.4 Å². The molecule has 1 unspecified atom stereocenters. The normalized spacial score (nSPS) is 15.3. The van der Waals surface area contributed by atoms with Gasteiger partial charge in [0.1, 0.15) is 11.5 Å². The van der Waals surface area contributed by atoms with Crippen molar-refractivity contribution in [3.63, 3.8) is 0 Å². The monoisotopic (exact) mass is 422 g/mol. The Kier molecular flexibility index (Phi) is 5.81. The fraction of sp³-hybridized carbons (Fsp3) is 0.208. The fourth-order valence-corrected chi connectivity index (χ4v) is 4.13. The topological polar surface area (TPSA) is 50.8 Å². The maximum Gasteiger partial charge on any atom is 0.322 e. The van der Waals surface area contributed by atoms with Crippen LogP contribution in [0, 0.1) is 0 Å². The molecule has 1 atom stereocenters. The molecule has 0 bridgehead atoms. The summed E-state index contributed by atoms with van der Waals surface area (Å²) in [6, 6.07) is 20.7. The Hall–Kier alpha value is -3.18. The average Bonchev–Trinajstić information content (AvgIpc) is 2.78. The highest BCUT2D eigenvalue weighted by atomic mass is 35.5. The summed E-state index contributed by atoms with van der Waals surface area (Å²) in [5, 5.41) is 3.63. The van der Waals surface area contributed by atoms with Crippen molar-refractivity contribution in [1.82, 2.24) is 4.90 Å². The zero-order valence-corrected chi connectivity index (χ0v) is 17.6. The van der Waals surface area contributed by atoms with Gasteiger partial charge < -0.3 is 19.7 Å². The van der Waals surface area contributed by atoms with E-state index in [1.807, 2.05) is 41.3 Å². The first kappa shape index (κ1) is 20.1. The van der Waals surface area contributed by atoms with Crippen molar-refractivity contribution in [2.75, 3.05) is 26.1 Å². The van der Waals surface area contributed by atoms with E-state index < -0.39 is 0 Å². The Labute approximate surface area is 181 Å². The van der Waals surface area contributed by atoms with Gasteiger partial charge in [0.05, 0.1) is 20.3 Å². The third-order valence-electron chi connectivity index (χ3n) is 5.35. The lowest BCUT2D eigenvalue weighted by molar-refractivity contribution is 0.194. The molecule has 0 fully saturated rings. The second kappa shape index (κ2) is 8.67. The van der Waals surface area contributed by atoms with E-state index in [-0.39, 0.29) is 12.1 Å². The molecule has 4 rings (SSSR count). The number of carbonyl (C=O) groups is 1. The second-order valence-electron chi connectivity index (χ2n) is 7.10. The summed E-state index contributed by atoms with van der Waals surface area (Å²) in [4.78, 5) is 15.2. The molecule has 1 aliphatic rings. The number of ether oxygens (including phenoxy) is 2. The Bertz CT molecular complexity index is 1050. The number of anilines is 1. The third-order valence-corrected chi connectivity index (χ3v) is 5.69. The number of hydrogen-bond donors (Lipinski definition) is 1.